The molecule has 0 saturated heterocycles. The van der Waals surface area contributed by atoms with E-state index in [0.29, 0.717) is 0 Å². The molecule has 1 atom stereocenters. The van der Waals surface area contributed by atoms with Crippen LogP contribution >= 0.6 is 0 Å². The van der Waals surface area contributed by atoms with Gasteiger partial charge >= 0.3 is 6.36 Å². The summed E-state index contributed by atoms with van der Waals surface area (Å²) < 4.78 is 39.7. The lowest BCUT2D eigenvalue weighted by molar-refractivity contribution is -0.357. The Morgan fingerprint density at radius 1 is 1.62 bits per heavy atom. The van der Waals surface area contributed by atoms with Gasteiger partial charge in [-0.15, -0.1) is 13.2 Å². The van der Waals surface area contributed by atoms with Gasteiger partial charge in [0, 0.05) is 19.0 Å². The highest BCUT2D eigenvalue weighted by Crippen LogP contribution is 2.28. The van der Waals surface area contributed by atoms with Crippen LogP contribution in [-0.4, -0.2) is 25.0 Å². The second-order valence-corrected chi connectivity index (χ2v) is 3.28. The molecule has 4 nitrogen and oxygen atoms in total. The fourth-order valence-electron chi connectivity index (χ4n) is 1.24. The minimum atomic E-state index is -4.81. The molecule has 0 fully saturated rings. The first-order valence-electron chi connectivity index (χ1n) is 4.43. The van der Waals surface area contributed by atoms with Gasteiger partial charge in [-0.2, -0.15) is 0 Å². The summed E-state index contributed by atoms with van der Waals surface area (Å²) in [5, 5.41) is 2.35. The molecule has 1 unspecified atom stereocenters. The molecule has 7 heteroatoms. The Morgan fingerprint density at radius 3 is 2.62 bits per heavy atom. The first-order chi connectivity index (χ1) is 7.26. The summed E-state index contributed by atoms with van der Waals surface area (Å²) >= 11 is 0. The van der Waals surface area contributed by atoms with E-state index >= 15 is 0 Å². The number of rotatable bonds is 2. The zero-order valence-electron chi connectivity index (χ0n) is 8.47. The average Bonchev–Trinajstić information content (AvgIpc) is 2.14. The van der Waals surface area contributed by atoms with E-state index in [9.17, 15) is 18.0 Å². The predicted octanol–water partition coefficient (Wildman–Crippen LogP) is 0.810. The lowest BCUT2D eigenvalue weighted by atomic mass is 10.00. The molecule has 16 heavy (non-hydrogen) atoms. The summed E-state index contributed by atoms with van der Waals surface area (Å²) in [7, 11) is 1.42. The molecule has 90 valence electrons. The number of ether oxygens (including phenoxy) is 1. The van der Waals surface area contributed by atoms with Crippen LogP contribution in [-0.2, 0) is 9.53 Å². The largest absolute Gasteiger partial charge is 0.524 e. The van der Waals surface area contributed by atoms with E-state index in [2.05, 4.69) is 10.1 Å². The standard InChI is InChI=1S/C9H11F3N2O2/c1-14-7(15)6-2-4-8(13,5-3-6)16-9(10,11)12/h2-4H,5,13H2,1H3,(H,14,15). The number of carbonyl (C=O) groups excluding carboxylic acids is 1. The normalized spacial score (nSPS) is 25.2. The Kier molecular flexibility index (Phi) is 3.39. The first kappa shape index (κ1) is 12.7. The topological polar surface area (TPSA) is 64.4 Å². The quantitative estimate of drug-likeness (QED) is 0.697. The van der Waals surface area contributed by atoms with E-state index in [1.807, 2.05) is 0 Å². The van der Waals surface area contributed by atoms with Crippen molar-refractivity contribution in [1.29, 1.82) is 0 Å². The summed E-state index contributed by atoms with van der Waals surface area (Å²) in [5.41, 5.74) is 3.67. The Morgan fingerprint density at radius 2 is 2.25 bits per heavy atom. The third-order valence-corrected chi connectivity index (χ3v) is 1.98. The van der Waals surface area contributed by atoms with Crippen LogP contribution in [0.4, 0.5) is 13.2 Å². The maximum absolute atomic E-state index is 12.0. The zero-order valence-corrected chi connectivity index (χ0v) is 8.47. The lowest BCUT2D eigenvalue weighted by Crippen LogP contribution is -2.45. The van der Waals surface area contributed by atoms with Gasteiger partial charge in [0.1, 0.15) is 5.72 Å². The molecular formula is C9H11F3N2O2. The van der Waals surface area contributed by atoms with Crippen LogP contribution in [0.1, 0.15) is 6.42 Å². The van der Waals surface area contributed by atoms with Crippen LogP contribution in [0.2, 0.25) is 0 Å². The average molecular weight is 236 g/mol. The number of amides is 1. The molecule has 0 bridgehead atoms. The van der Waals surface area contributed by atoms with Crippen LogP contribution in [0.5, 0.6) is 0 Å². The Labute approximate surface area is 89.9 Å². The molecule has 0 saturated carbocycles. The number of nitrogens with one attached hydrogen (secondary N) is 1. The number of alkyl halides is 3. The molecule has 1 rings (SSSR count). The summed E-state index contributed by atoms with van der Waals surface area (Å²) in [6.07, 6.45) is -1.51. The van der Waals surface area contributed by atoms with Crippen molar-refractivity contribution in [3.8, 4) is 0 Å². The van der Waals surface area contributed by atoms with Crippen molar-refractivity contribution in [2.75, 3.05) is 7.05 Å². The van der Waals surface area contributed by atoms with Crippen molar-refractivity contribution in [2.24, 2.45) is 5.73 Å². The van der Waals surface area contributed by atoms with E-state index in [4.69, 9.17) is 5.73 Å². The number of hydrogen-bond acceptors (Lipinski definition) is 3. The molecule has 1 aliphatic rings. The van der Waals surface area contributed by atoms with E-state index in [1.165, 1.54) is 19.2 Å². The van der Waals surface area contributed by atoms with Crippen LogP contribution in [0.15, 0.2) is 23.8 Å². The third kappa shape index (κ3) is 3.35. The second kappa shape index (κ2) is 4.26. The first-order valence-corrected chi connectivity index (χ1v) is 4.43. The Bertz CT molecular complexity index is 349. The van der Waals surface area contributed by atoms with Gasteiger partial charge in [0.15, 0.2) is 0 Å². The minimum Gasteiger partial charge on any atom is -0.355 e. The maximum Gasteiger partial charge on any atom is 0.524 e. The van der Waals surface area contributed by atoms with Crippen LogP contribution in [0, 0.1) is 0 Å². The summed E-state index contributed by atoms with van der Waals surface area (Å²) in [5.74, 6) is -0.384. The lowest BCUT2D eigenvalue weighted by Gasteiger charge is -2.28. The van der Waals surface area contributed by atoms with E-state index in [0.717, 1.165) is 6.08 Å². The number of halogens is 3. The molecule has 0 radical (unpaired) electrons. The molecular weight excluding hydrogens is 225 g/mol. The smallest absolute Gasteiger partial charge is 0.355 e. The van der Waals surface area contributed by atoms with Crippen molar-refractivity contribution in [3.05, 3.63) is 23.8 Å². The highest BCUT2D eigenvalue weighted by Gasteiger charge is 2.40. The van der Waals surface area contributed by atoms with Crippen LogP contribution in [0.3, 0.4) is 0 Å². The van der Waals surface area contributed by atoms with Crippen molar-refractivity contribution < 1.29 is 22.7 Å². The number of nitrogens with two attached hydrogens (primary N) is 1. The van der Waals surface area contributed by atoms with Crippen molar-refractivity contribution >= 4 is 5.91 Å². The number of carbonyl (C=O) groups is 1. The van der Waals surface area contributed by atoms with Crippen molar-refractivity contribution in [3.63, 3.8) is 0 Å². The fourth-order valence-corrected chi connectivity index (χ4v) is 1.24. The molecule has 0 heterocycles. The fraction of sp³-hybridized carbons (Fsp3) is 0.444. The maximum atomic E-state index is 12.0. The molecule has 1 amide bonds. The highest BCUT2D eigenvalue weighted by molar-refractivity contribution is 5.96. The van der Waals surface area contributed by atoms with E-state index < -0.39 is 12.1 Å². The van der Waals surface area contributed by atoms with E-state index in [1.54, 1.807) is 0 Å². The SMILES string of the molecule is CNC(=O)C1=CCC(N)(OC(F)(F)F)C=C1. The third-order valence-electron chi connectivity index (χ3n) is 1.98. The zero-order chi connectivity index (χ0) is 12.4. The van der Waals surface area contributed by atoms with Crippen LogP contribution < -0.4 is 11.1 Å². The number of hydrogen-bond donors (Lipinski definition) is 2. The Hall–Kier alpha value is -1.34. The molecule has 0 spiro atoms. The van der Waals surface area contributed by atoms with Gasteiger partial charge in [-0.1, -0.05) is 6.08 Å². The summed E-state index contributed by atoms with van der Waals surface area (Å²) in [4.78, 5) is 11.1. The van der Waals surface area contributed by atoms with Crippen molar-refractivity contribution in [2.45, 2.75) is 18.5 Å². The summed E-state index contributed by atoms with van der Waals surface area (Å²) in [6, 6.07) is 0. The highest BCUT2D eigenvalue weighted by atomic mass is 19.4. The second-order valence-electron chi connectivity index (χ2n) is 3.28. The number of likely N-dealkylation sites (N-methyl/N-ethyl adjacent to an activating group) is 1. The van der Waals surface area contributed by atoms with Gasteiger partial charge in [-0.3, -0.25) is 15.3 Å². The minimum absolute atomic E-state index is 0.217. The molecule has 1 aliphatic carbocycles. The molecule has 0 aromatic rings. The molecule has 3 N–H and O–H groups in total. The van der Waals surface area contributed by atoms with Crippen molar-refractivity contribution in [1.82, 2.24) is 5.32 Å². The summed E-state index contributed by atoms with van der Waals surface area (Å²) in [6.45, 7) is 0. The van der Waals surface area contributed by atoms with Gasteiger partial charge in [-0.25, -0.2) is 0 Å². The van der Waals surface area contributed by atoms with Crippen LogP contribution in [0.25, 0.3) is 0 Å². The van der Waals surface area contributed by atoms with Gasteiger partial charge in [-0.05, 0) is 12.2 Å². The Balaban J connectivity index is 2.71. The van der Waals surface area contributed by atoms with E-state index in [-0.39, 0.29) is 17.9 Å². The monoisotopic (exact) mass is 236 g/mol. The van der Waals surface area contributed by atoms with Gasteiger partial charge in [0.2, 0.25) is 0 Å². The van der Waals surface area contributed by atoms with Gasteiger partial charge < -0.3 is 5.32 Å². The molecule has 0 aromatic heterocycles. The molecule has 0 aliphatic heterocycles. The van der Waals surface area contributed by atoms with Gasteiger partial charge in [0.25, 0.3) is 5.91 Å². The predicted molar refractivity (Wildman–Crippen MR) is 50.0 cm³/mol. The van der Waals surface area contributed by atoms with Gasteiger partial charge in [0.05, 0.1) is 0 Å². The molecule has 0 aromatic carbocycles.